The van der Waals surface area contributed by atoms with Crippen molar-refractivity contribution >= 4 is 22.8 Å². The van der Waals surface area contributed by atoms with Crippen LogP contribution < -0.4 is 0 Å². The number of aromatic nitrogens is 1. The van der Waals surface area contributed by atoms with Gasteiger partial charge < -0.3 is 14.4 Å². The van der Waals surface area contributed by atoms with Crippen LogP contribution in [-0.4, -0.2) is 42.5 Å². The third-order valence-electron chi connectivity index (χ3n) is 5.19. The molecule has 0 saturated carbocycles. The lowest BCUT2D eigenvalue weighted by atomic mass is 9.96. The van der Waals surface area contributed by atoms with Crippen LogP contribution in [0.2, 0.25) is 0 Å². The molecule has 29 heavy (non-hydrogen) atoms. The number of ether oxygens (including phenoxy) is 2. The van der Waals surface area contributed by atoms with Gasteiger partial charge >= 0.3 is 11.9 Å². The number of para-hydroxylation sites is 1. The number of fused-ring (bicyclic) bond motifs is 2. The average molecular weight is 390 g/mol. The molecule has 0 spiro atoms. The van der Waals surface area contributed by atoms with E-state index in [1.807, 2.05) is 31.3 Å². The van der Waals surface area contributed by atoms with E-state index in [0.717, 1.165) is 40.7 Å². The molecule has 0 unspecified atom stereocenters. The highest BCUT2D eigenvalue weighted by atomic mass is 16.5. The second-order valence-corrected chi connectivity index (χ2v) is 7.18. The van der Waals surface area contributed by atoms with E-state index < -0.39 is 5.97 Å². The summed E-state index contributed by atoms with van der Waals surface area (Å²) in [7, 11) is 3.38. The minimum Gasteiger partial charge on any atom is -0.465 e. The first kappa shape index (κ1) is 19.1. The Hall–Kier alpha value is -3.25. The van der Waals surface area contributed by atoms with E-state index in [0.29, 0.717) is 17.7 Å². The maximum atomic E-state index is 13.1. The second-order valence-electron chi connectivity index (χ2n) is 7.18. The van der Waals surface area contributed by atoms with Crippen molar-refractivity contribution in [1.29, 1.82) is 0 Å². The van der Waals surface area contributed by atoms with Gasteiger partial charge in [0.2, 0.25) is 0 Å². The Morgan fingerprint density at radius 1 is 1.07 bits per heavy atom. The summed E-state index contributed by atoms with van der Waals surface area (Å²) in [6.07, 6.45) is 0.811. The fraction of sp³-hybridized carbons (Fsp3) is 0.261. The summed E-state index contributed by atoms with van der Waals surface area (Å²) in [6.45, 7) is 1.71. The lowest BCUT2D eigenvalue weighted by molar-refractivity contribution is 0.0471. The molecule has 1 aliphatic rings. The van der Waals surface area contributed by atoms with Gasteiger partial charge in [0, 0.05) is 36.2 Å². The molecule has 6 heteroatoms. The molecule has 1 aromatic heterocycles. The van der Waals surface area contributed by atoms with Gasteiger partial charge in [-0.3, -0.25) is 4.98 Å². The van der Waals surface area contributed by atoms with Gasteiger partial charge in [-0.25, -0.2) is 9.59 Å². The summed E-state index contributed by atoms with van der Waals surface area (Å²) >= 11 is 0. The van der Waals surface area contributed by atoms with E-state index in [9.17, 15) is 9.59 Å². The molecule has 0 radical (unpaired) electrons. The third-order valence-corrected chi connectivity index (χ3v) is 5.19. The molecule has 0 fully saturated rings. The summed E-state index contributed by atoms with van der Waals surface area (Å²) in [5.74, 6) is -0.750. The molecule has 3 aromatic rings. The van der Waals surface area contributed by atoms with Gasteiger partial charge in [-0.05, 0) is 30.8 Å². The first-order valence-corrected chi connectivity index (χ1v) is 9.50. The van der Waals surface area contributed by atoms with E-state index in [-0.39, 0.29) is 12.6 Å². The highest BCUT2D eigenvalue weighted by Gasteiger charge is 2.25. The molecule has 0 N–H and O–H groups in total. The maximum Gasteiger partial charge on any atom is 0.339 e. The number of hydrogen-bond acceptors (Lipinski definition) is 6. The third kappa shape index (κ3) is 3.84. The molecule has 148 valence electrons. The zero-order chi connectivity index (χ0) is 20.4. The first-order chi connectivity index (χ1) is 14.1. The zero-order valence-corrected chi connectivity index (χ0v) is 16.5. The Labute approximate surface area is 169 Å². The number of methoxy groups -OCH3 is 1. The quantitative estimate of drug-likeness (QED) is 0.637. The summed E-state index contributed by atoms with van der Waals surface area (Å²) in [4.78, 5) is 31.6. The molecule has 2 aromatic carbocycles. The highest BCUT2D eigenvalue weighted by molar-refractivity contribution is 6.05. The molecule has 0 amide bonds. The monoisotopic (exact) mass is 390 g/mol. The van der Waals surface area contributed by atoms with Crippen LogP contribution in [0.15, 0.2) is 48.5 Å². The molecule has 0 bridgehead atoms. The Balaban J connectivity index is 1.61. The standard InChI is InChI=1S/C23H22N2O4/c1-25-12-11-20-18(13-25)21(17-5-3-4-6-19(17)24-20)23(27)29-14-15-7-9-16(10-8-15)22(26)28-2/h3-10H,11-14H2,1-2H3. The highest BCUT2D eigenvalue weighted by Crippen LogP contribution is 2.28. The lowest BCUT2D eigenvalue weighted by Gasteiger charge is -2.26. The van der Waals surface area contributed by atoms with Gasteiger partial charge in [-0.15, -0.1) is 0 Å². The number of hydrogen-bond donors (Lipinski definition) is 0. The van der Waals surface area contributed by atoms with Gasteiger partial charge in [0.1, 0.15) is 6.61 Å². The SMILES string of the molecule is COC(=O)c1ccc(COC(=O)c2c3c(nc4ccccc24)CCN(C)C3)cc1. The number of rotatable bonds is 4. The predicted octanol–water partition coefficient (Wildman–Crippen LogP) is 3.37. The van der Waals surface area contributed by atoms with E-state index >= 15 is 0 Å². The molecule has 2 heterocycles. The number of likely N-dealkylation sites (N-methyl/N-ethyl adjacent to an activating group) is 1. The van der Waals surface area contributed by atoms with E-state index in [1.165, 1.54) is 7.11 Å². The van der Waals surface area contributed by atoms with Crippen molar-refractivity contribution in [3.63, 3.8) is 0 Å². The predicted molar refractivity (Wildman–Crippen MR) is 109 cm³/mol. The van der Waals surface area contributed by atoms with Gasteiger partial charge in [0.05, 0.1) is 23.8 Å². The van der Waals surface area contributed by atoms with Gasteiger partial charge in [0.15, 0.2) is 0 Å². The van der Waals surface area contributed by atoms with Crippen molar-refractivity contribution in [2.45, 2.75) is 19.6 Å². The molecule has 0 aliphatic carbocycles. The van der Waals surface area contributed by atoms with Crippen LogP contribution in [0.1, 0.15) is 37.5 Å². The molecule has 0 atom stereocenters. The van der Waals surface area contributed by atoms with Gasteiger partial charge in [0.25, 0.3) is 0 Å². The number of carbonyl (C=O) groups excluding carboxylic acids is 2. The van der Waals surface area contributed by atoms with Crippen molar-refractivity contribution in [3.8, 4) is 0 Å². The van der Waals surface area contributed by atoms with Crippen molar-refractivity contribution < 1.29 is 19.1 Å². The van der Waals surface area contributed by atoms with E-state index in [4.69, 9.17) is 14.5 Å². The molecular formula is C23H22N2O4. The molecule has 0 saturated heterocycles. The second kappa shape index (κ2) is 8.01. The normalized spacial score (nSPS) is 13.7. The number of esters is 2. The maximum absolute atomic E-state index is 13.1. The van der Waals surface area contributed by atoms with Crippen LogP contribution >= 0.6 is 0 Å². The largest absolute Gasteiger partial charge is 0.465 e. The van der Waals surface area contributed by atoms with Crippen molar-refractivity contribution in [3.05, 3.63) is 76.5 Å². The number of carbonyl (C=O) groups is 2. The van der Waals surface area contributed by atoms with Crippen molar-refractivity contribution in [2.24, 2.45) is 0 Å². The van der Waals surface area contributed by atoms with Gasteiger partial charge in [-0.2, -0.15) is 0 Å². The molecular weight excluding hydrogens is 368 g/mol. The topological polar surface area (TPSA) is 68.7 Å². The molecule has 1 aliphatic heterocycles. The molecule has 6 nitrogen and oxygen atoms in total. The van der Waals surface area contributed by atoms with Crippen LogP contribution in [0.5, 0.6) is 0 Å². The summed E-state index contributed by atoms with van der Waals surface area (Å²) in [5, 5.41) is 0.813. The van der Waals surface area contributed by atoms with Crippen molar-refractivity contribution in [2.75, 3.05) is 20.7 Å². The minimum absolute atomic E-state index is 0.127. The fourth-order valence-electron chi connectivity index (χ4n) is 3.63. The number of nitrogens with zero attached hydrogens (tertiary/aromatic N) is 2. The van der Waals surface area contributed by atoms with Crippen LogP contribution in [0.25, 0.3) is 10.9 Å². The summed E-state index contributed by atoms with van der Waals surface area (Å²) in [6, 6.07) is 14.5. The van der Waals surface area contributed by atoms with Crippen LogP contribution in [0.3, 0.4) is 0 Å². The number of benzene rings is 2. The summed E-state index contributed by atoms with van der Waals surface area (Å²) < 4.78 is 10.3. The van der Waals surface area contributed by atoms with E-state index in [1.54, 1.807) is 24.3 Å². The fourth-order valence-corrected chi connectivity index (χ4v) is 3.63. The zero-order valence-electron chi connectivity index (χ0n) is 16.5. The van der Waals surface area contributed by atoms with Gasteiger partial charge in [-0.1, -0.05) is 30.3 Å². The Morgan fingerprint density at radius 3 is 2.59 bits per heavy atom. The Kier molecular flexibility index (Phi) is 5.27. The average Bonchev–Trinajstić information content (AvgIpc) is 2.75. The van der Waals surface area contributed by atoms with Crippen LogP contribution in [0, 0.1) is 0 Å². The minimum atomic E-state index is -0.396. The first-order valence-electron chi connectivity index (χ1n) is 9.50. The Bertz CT molecular complexity index is 1080. The van der Waals surface area contributed by atoms with E-state index in [2.05, 4.69) is 4.90 Å². The molecule has 4 rings (SSSR count). The van der Waals surface area contributed by atoms with Crippen molar-refractivity contribution in [1.82, 2.24) is 9.88 Å². The van der Waals surface area contributed by atoms with Crippen LogP contribution in [-0.2, 0) is 29.0 Å². The lowest BCUT2D eigenvalue weighted by Crippen LogP contribution is -2.29. The smallest absolute Gasteiger partial charge is 0.339 e. The number of pyridine rings is 1. The summed E-state index contributed by atoms with van der Waals surface area (Å²) in [5.41, 5.74) is 4.59. The Morgan fingerprint density at radius 2 is 1.83 bits per heavy atom. The van der Waals surface area contributed by atoms with Crippen LogP contribution in [0.4, 0.5) is 0 Å².